The number of hydrogen-bond donors (Lipinski definition) is 0. The largest absolute Gasteiger partial charge is 0.497 e. The Bertz CT molecular complexity index is 713. The maximum atomic E-state index is 12.3. The van der Waals surface area contributed by atoms with Crippen LogP contribution in [0.5, 0.6) is 5.75 Å². The molecule has 2 rings (SSSR count). The van der Waals surface area contributed by atoms with Crippen LogP contribution < -0.4 is 4.74 Å². The Morgan fingerprint density at radius 2 is 2.25 bits per heavy atom. The van der Waals surface area contributed by atoms with Gasteiger partial charge in [-0.2, -0.15) is 5.26 Å². The van der Waals surface area contributed by atoms with Gasteiger partial charge < -0.3 is 4.74 Å². The molecule has 0 aliphatic carbocycles. The molecule has 0 fully saturated rings. The predicted octanol–water partition coefficient (Wildman–Crippen LogP) is 4.31. The number of allylic oxidation sites excluding steroid dienone is 1. The summed E-state index contributed by atoms with van der Waals surface area (Å²) in [5.41, 5.74) is 0.542. The maximum absolute atomic E-state index is 12.3. The van der Waals surface area contributed by atoms with Crippen molar-refractivity contribution in [1.82, 2.24) is 0 Å². The number of benzene rings is 1. The van der Waals surface area contributed by atoms with Crippen molar-refractivity contribution >= 4 is 39.1 Å². The fourth-order valence-electron chi connectivity index (χ4n) is 1.61. The van der Waals surface area contributed by atoms with Crippen LogP contribution in [0.3, 0.4) is 0 Å². The number of methoxy groups -OCH3 is 1. The van der Waals surface area contributed by atoms with Crippen LogP contribution in [0.25, 0.3) is 6.08 Å². The highest BCUT2D eigenvalue weighted by atomic mass is 79.9. The second kappa shape index (κ2) is 6.51. The number of ketones is 1. The zero-order valence-electron chi connectivity index (χ0n) is 10.6. The first-order chi connectivity index (χ1) is 9.63. The molecule has 0 atom stereocenters. The van der Waals surface area contributed by atoms with Gasteiger partial charge in [0.25, 0.3) is 0 Å². The number of Topliss-reactive ketones (excluding diaryl/α,β-unsaturated/α-hetero) is 1. The van der Waals surface area contributed by atoms with Gasteiger partial charge in [-0.05, 0) is 40.2 Å². The molecule has 0 saturated heterocycles. The average molecular weight is 348 g/mol. The molecule has 1 aromatic heterocycles. The van der Waals surface area contributed by atoms with Crippen molar-refractivity contribution in [3.05, 3.63) is 56.2 Å². The molecule has 0 amide bonds. The number of hydrogen-bond acceptors (Lipinski definition) is 4. The van der Waals surface area contributed by atoms with Gasteiger partial charge in [0.15, 0.2) is 0 Å². The number of nitriles is 1. The van der Waals surface area contributed by atoms with Crippen LogP contribution in [0.2, 0.25) is 0 Å². The van der Waals surface area contributed by atoms with Gasteiger partial charge in [-0.15, -0.1) is 11.3 Å². The highest BCUT2D eigenvalue weighted by molar-refractivity contribution is 9.10. The molecule has 0 aliphatic heterocycles. The summed E-state index contributed by atoms with van der Waals surface area (Å²) in [6, 6.07) is 10.6. The lowest BCUT2D eigenvalue weighted by atomic mass is 10.0. The molecule has 0 spiro atoms. The standard InChI is InChI=1S/C15H10BrNO2S/c1-19-13-4-2-3-10(5-13)15(18)11(8-17)6-14-7-12(16)9-20-14/h2-7,9H,1H3/b11-6-. The Morgan fingerprint density at radius 3 is 2.85 bits per heavy atom. The summed E-state index contributed by atoms with van der Waals surface area (Å²) in [5, 5.41) is 11.1. The predicted molar refractivity (Wildman–Crippen MR) is 82.9 cm³/mol. The van der Waals surface area contributed by atoms with E-state index in [4.69, 9.17) is 4.74 Å². The van der Waals surface area contributed by atoms with Crippen molar-refractivity contribution in [2.75, 3.05) is 7.11 Å². The average Bonchev–Trinajstić information content (AvgIpc) is 2.89. The van der Waals surface area contributed by atoms with Gasteiger partial charge in [0.05, 0.1) is 7.11 Å². The summed E-state index contributed by atoms with van der Waals surface area (Å²) in [6.07, 6.45) is 1.59. The normalized spacial score (nSPS) is 10.9. The van der Waals surface area contributed by atoms with Crippen molar-refractivity contribution < 1.29 is 9.53 Å². The van der Waals surface area contributed by atoms with E-state index >= 15 is 0 Å². The van der Waals surface area contributed by atoms with Crippen molar-refractivity contribution in [3.63, 3.8) is 0 Å². The maximum Gasteiger partial charge on any atom is 0.203 e. The number of thiophene rings is 1. The molecule has 3 nitrogen and oxygen atoms in total. The van der Waals surface area contributed by atoms with E-state index in [0.29, 0.717) is 11.3 Å². The molecule has 2 aromatic rings. The third kappa shape index (κ3) is 3.35. The topological polar surface area (TPSA) is 50.1 Å². The third-order valence-corrected chi connectivity index (χ3v) is 4.21. The molecular weight excluding hydrogens is 338 g/mol. The number of ether oxygens (including phenoxy) is 1. The van der Waals surface area contributed by atoms with Crippen molar-refractivity contribution in [2.24, 2.45) is 0 Å². The van der Waals surface area contributed by atoms with E-state index in [0.717, 1.165) is 9.35 Å². The molecule has 0 aliphatic rings. The Balaban J connectivity index is 2.34. The number of carbonyl (C=O) groups excluding carboxylic acids is 1. The first kappa shape index (κ1) is 14.5. The molecule has 1 aromatic carbocycles. The van der Waals surface area contributed by atoms with Gasteiger partial charge in [0.2, 0.25) is 5.78 Å². The van der Waals surface area contributed by atoms with Gasteiger partial charge in [0.1, 0.15) is 17.4 Å². The van der Waals surface area contributed by atoms with Crippen molar-refractivity contribution in [1.29, 1.82) is 5.26 Å². The van der Waals surface area contributed by atoms with E-state index in [1.54, 1.807) is 30.3 Å². The first-order valence-electron chi connectivity index (χ1n) is 5.68. The molecule has 0 unspecified atom stereocenters. The SMILES string of the molecule is COc1cccc(C(=O)/C(C#N)=C\c2cc(Br)cs2)c1. The lowest BCUT2D eigenvalue weighted by Crippen LogP contribution is -2.02. The summed E-state index contributed by atoms with van der Waals surface area (Å²) in [5.74, 6) is 0.280. The number of halogens is 1. The van der Waals surface area contributed by atoms with E-state index in [9.17, 15) is 10.1 Å². The Kier molecular flexibility index (Phi) is 4.72. The summed E-state index contributed by atoms with van der Waals surface area (Å²) in [7, 11) is 1.54. The van der Waals surface area contributed by atoms with Gasteiger partial charge in [0, 0.05) is 20.3 Å². The number of nitrogens with zero attached hydrogens (tertiary/aromatic N) is 1. The first-order valence-corrected chi connectivity index (χ1v) is 7.36. The minimum atomic E-state index is -0.309. The molecule has 100 valence electrons. The lowest BCUT2D eigenvalue weighted by molar-refractivity contribution is 0.103. The summed E-state index contributed by atoms with van der Waals surface area (Å²) in [4.78, 5) is 13.2. The monoisotopic (exact) mass is 347 g/mol. The van der Waals surface area contributed by atoms with Crippen molar-refractivity contribution in [3.8, 4) is 11.8 Å². The van der Waals surface area contributed by atoms with Crippen LogP contribution >= 0.6 is 27.3 Å². The van der Waals surface area contributed by atoms with E-state index in [2.05, 4.69) is 15.9 Å². The third-order valence-electron chi connectivity index (χ3n) is 2.57. The quantitative estimate of drug-likeness (QED) is 0.470. The van der Waals surface area contributed by atoms with Crippen LogP contribution in [0, 0.1) is 11.3 Å². The Morgan fingerprint density at radius 1 is 1.45 bits per heavy atom. The van der Waals surface area contributed by atoms with Crippen LogP contribution in [-0.4, -0.2) is 12.9 Å². The van der Waals surface area contributed by atoms with Gasteiger partial charge in [-0.25, -0.2) is 0 Å². The molecule has 0 radical (unpaired) electrons. The van der Waals surface area contributed by atoms with E-state index in [-0.39, 0.29) is 11.4 Å². The lowest BCUT2D eigenvalue weighted by Gasteiger charge is -2.02. The summed E-state index contributed by atoms with van der Waals surface area (Å²) in [6.45, 7) is 0. The van der Waals surface area contributed by atoms with E-state index in [1.807, 2.05) is 17.5 Å². The van der Waals surface area contributed by atoms with E-state index in [1.165, 1.54) is 18.4 Å². The van der Waals surface area contributed by atoms with Gasteiger partial charge in [-0.1, -0.05) is 12.1 Å². The van der Waals surface area contributed by atoms with Crippen LogP contribution in [0.1, 0.15) is 15.2 Å². The zero-order valence-corrected chi connectivity index (χ0v) is 13.0. The molecule has 0 saturated carbocycles. The van der Waals surface area contributed by atoms with Crippen LogP contribution in [-0.2, 0) is 0 Å². The Hall–Kier alpha value is -1.90. The fraction of sp³-hybridized carbons (Fsp3) is 0.0667. The van der Waals surface area contributed by atoms with E-state index < -0.39 is 0 Å². The molecule has 0 N–H and O–H groups in total. The highest BCUT2D eigenvalue weighted by Crippen LogP contribution is 2.23. The summed E-state index contributed by atoms with van der Waals surface area (Å²) >= 11 is 4.80. The molecule has 20 heavy (non-hydrogen) atoms. The molecule has 1 heterocycles. The minimum absolute atomic E-state index is 0.104. The molecule has 5 heteroatoms. The number of carbonyl (C=O) groups is 1. The van der Waals surface area contributed by atoms with Gasteiger partial charge in [-0.3, -0.25) is 4.79 Å². The molecule has 0 bridgehead atoms. The number of rotatable bonds is 4. The van der Waals surface area contributed by atoms with Crippen molar-refractivity contribution in [2.45, 2.75) is 0 Å². The Labute approximate surface area is 129 Å². The molecular formula is C15H10BrNO2S. The summed E-state index contributed by atoms with van der Waals surface area (Å²) < 4.78 is 6.01. The fourth-order valence-corrected chi connectivity index (χ4v) is 2.99. The second-order valence-electron chi connectivity index (χ2n) is 3.90. The smallest absolute Gasteiger partial charge is 0.203 e. The van der Waals surface area contributed by atoms with Crippen LogP contribution in [0.4, 0.5) is 0 Å². The minimum Gasteiger partial charge on any atom is -0.497 e. The second-order valence-corrected chi connectivity index (χ2v) is 5.76. The van der Waals surface area contributed by atoms with Gasteiger partial charge >= 0.3 is 0 Å². The zero-order chi connectivity index (χ0) is 14.5. The highest BCUT2D eigenvalue weighted by Gasteiger charge is 2.13. The van der Waals surface area contributed by atoms with Crippen LogP contribution in [0.15, 0.2) is 45.8 Å².